The fraction of sp³-hybridized carbons (Fsp3) is 0.167. The Bertz CT molecular complexity index is 1110. The van der Waals surface area contributed by atoms with Gasteiger partial charge in [0.15, 0.2) is 0 Å². The van der Waals surface area contributed by atoms with Gasteiger partial charge in [0.1, 0.15) is 5.82 Å². The Balaban J connectivity index is 1.92. The highest BCUT2D eigenvalue weighted by Crippen LogP contribution is 2.27. The third-order valence-corrected chi connectivity index (χ3v) is 4.19. The van der Waals surface area contributed by atoms with E-state index in [4.69, 9.17) is 10.5 Å². The van der Waals surface area contributed by atoms with Gasteiger partial charge < -0.3 is 14.9 Å². The smallest absolute Gasteiger partial charge is 0.339 e. The van der Waals surface area contributed by atoms with Gasteiger partial charge in [-0.15, -0.1) is 0 Å². The molecule has 0 saturated heterocycles. The SMILES string of the molecule is CCOC(=O)c1cc2c(N)nc3cc(-c4ccnn4C)ccc3n2c1. The van der Waals surface area contributed by atoms with Crippen LogP contribution in [0, 0.1) is 0 Å². The van der Waals surface area contributed by atoms with E-state index in [2.05, 4.69) is 10.1 Å². The summed E-state index contributed by atoms with van der Waals surface area (Å²) >= 11 is 0. The van der Waals surface area contributed by atoms with E-state index in [0.29, 0.717) is 23.5 Å². The minimum Gasteiger partial charge on any atom is -0.462 e. The molecule has 0 atom stereocenters. The lowest BCUT2D eigenvalue weighted by molar-refractivity contribution is 0.0526. The number of anilines is 1. The highest BCUT2D eigenvalue weighted by Gasteiger charge is 2.15. The minimum atomic E-state index is -0.370. The van der Waals surface area contributed by atoms with Crippen molar-refractivity contribution in [1.29, 1.82) is 0 Å². The van der Waals surface area contributed by atoms with Crippen molar-refractivity contribution in [2.45, 2.75) is 6.92 Å². The number of hydrogen-bond acceptors (Lipinski definition) is 5. The first kappa shape index (κ1) is 15.2. The van der Waals surface area contributed by atoms with Crippen molar-refractivity contribution in [3.8, 4) is 11.3 Å². The molecule has 4 aromatic rings. The molecule has 3 aromatic heterocycles. The van der Waals surface area contributed by atoms with Gasteiger partial charge in [-0.2, -0.15) is 5.10 Å². The number of rotatable bonds is 3. The Morgan fingerprint density at radius 3 is 2.80 bits per heavy atom. The number of nitrogens with zero attached hydrogens (tertiary/aromatic N) is 4. The second-order valence-corrected chi connectivity index (χ2v) is 5.75. The van der Waals surface area contributed by atoms with Crippen LogP contribution in [-0.4, -0.2) is 31.7 Å². The van der Waals surface area contributed by atoms with Crippen LogP contribution in [0.4, 0.5) is 5.82 Å². The normalized spacial score (nSPS) is 11.3. The Morgan fingerprint density at radius 1 is 1.24 bits per heavy atom. The Labute approximate surface area is 143 Å². The van der Waals surface area contributed by atoms with E-state index in [-0.39, 0.29) is 5.97 Å². The third-order valence-electron chi connectivity index (χ3n) is 4.19. The molecular formula is C18H17N5O2. The number of aryl methyl sites for hydroxylation is 1. The van der Waals surface area contributed by atoms with Crippen molar-refractivity contribution in [1.82, 2.24) is 19.2 Å². The first-order valence-corrected chi connectivity index (χ1v) is 7.95. The first-order valence-electron chi connectivity index (χ1n) is 7.95. The molecule has 0 saturated carbocycles. The standard InChI is InChI=1S/C18H17N5O2/c1-3-25-18(24)12-9-16-17(19)21-13-8-11(14-6-7-20-22(14)2)4-5-15(13)23(16)10-12/h4-10H,3H2,1-2H3,(H2,19,21). The van der Waals surface area contributed by atoms with Crippen LogP contribution < -0.4 is 5.73 Å². The van der Waals surface area contributed by atoms with E-state index >= 15 is 0 Å². The predicted molar refractivity (Wildman–Crippen MR) is 95.3 cm³/mol. The largest absolute Gasteiger partial charge is 0.462 e. The molecule has 0 fully saturated rings. The van der Waals surface area contributed by atoms with Gasteiger partial charge in [-0.05, 0) is 31.2 Å². The quantitative estimate of drug-likeness (QED) is 0.582. The lowest BCUT2D eigenvalue weighted by Crippen LogP contribution is -2.02. The van der Waals surface area contributed by atoms with Gasteiger partial charge >= 0.3 is 5.97 Å². The van der Waals surface area contributed by atoms with E-state index in [1.807, 2.05) is 35.7 Å². The summed E-state index contributed by atoms with van der Waals surface area (Å²) in [5.74, 6) is -0.00420. The van der Waals surface area contributed by atoms with Gasteiger partial charge in [0.2, 0.25) is 0 Å². The number of nitrogen functional groups attached to an aromatic ring is 1. The van der Waals surface area contributed by atoms with Gasteiger partial charge in [-0.1, -0.05) is 6.07 Å². The number of carbonyl (C=O) groups is 1. The van der Waals surface area contributed by atoms with Gasteiger partial charge in [0.05, 0.1) is 34.4 Å². The molecule has 0 unspecified atom stereocenters. The molecule has 1 aromatic carbocycles. The van der Waals surface area contributed by atoms with Crippen LogP contribution in [0.1, 0.15) is 17.3 Å². The van der Waals surface area contributed by atoms with Crippen LogP contribution in [0.3, 0.4) is 0 Å². The van der Waals surface area contributed by atoms with Gasteiger partial charge in [0, 0.05) is 25.0 Å². The Morgan fingerprint density at radius 2 is 2.08 bits per heavy atom. The summed E-state index contributed by atoms with van der Waals surface area (Å²) < 4.78 is 8.74. The number of benzene rings is 1. The van der Waals surface area contributed by atoms with Crippen molar-refractivity contribution in [3.63, 3.8) is 0 Å². The zero-order chi connectivity index (χ0) is 17.6. The molecule has 0 spiro atoms. The summed E-state index contributed by atoms with van der Waals surface area (Å²) in [4.78, 5) is 16.5. The summed E-state index contributed by atoms with van der Waals surface area (Å²) in [6, 6.07) is 9.57. The number of carbonyl (C=O) groups excluding carboxylic acids is 1. The fourth-order valence-corrected chi connectivity index (χ4v) is 3.01. The molecule has 7 heteroatoms. The minimum absolute atomic E-state index is 0.327. The van der Waals surface area contributed by atoms with E-state index in [0.717, 1.165) is 22.3 Å². The second-order valence-electron chi connectivity index (χ2n) is 5.75. The van der Waals surface area contributed by atoms with Crippen molar-refractivity contribution in [2.24, 2.45) is 7.05 Å². The zero-order valence-corrected chi connectivity index (χ0v) is 13.9. The summed E-state index contributed by atoms with van der Waals surface area (Å²) in [7, 11) is 1.89. The number of nitrogens with two attached hydrogens (primary N) is 1. The van der Waals surface area contributed by atoms with Crippen LogP contribution in [0.15, 0.2) is 42.7 Å². The van der Waals surface area contributed by atoms with Gasteiger partial charge in [-0.25, -0.2) is 9.78 Å². The number of esters is 1. The molecule has 0 amide bonds. The maximum atomic E-state index is 12.0. The molecule has 126 valence electrons. The summed E-state index contributed by atoms with van der Waals surface area (Å²) in [5.41, 5.74) is 10.8. The van der Waals surface area contributed by atoms with Crippen LogP contribution in [-0.2, 0) is 11.8 Å². The molecule has 0 aliphatic rings. The second kappa shape index (κ2) is 5.62. The first-order chi connectivity index (χ1) is 12.1. The topological polar surface area (TPSA) is 87.4 Å². The number of aromatic nitrogens is 4. The number of fused-ring (bicyclic) bond motifs is 3. The summed E-state index contributed by atoms with van der Waals surface area (Å²) in [6.45, 7) is 2.10. The predicted octanol–water partition coefficient (Wildman–Crippen LogP) is 2.65. The summed E-state index contributed by atoms with van der Waals surface area (Å²) in [6.07, 6.45) is 3.49. The van der Waals surface area contributed by atoms with E-state index in [1.165, 1.54) is 0 Å². The van der Waals surface area contributed by atoms with Crippen LogP contribution in [0.25, 0.3) is 27.8 Å². The lowest BCUT2D eigenvalue weighted by Gasteiger charge is -2.08. The number of ether oxygens (including phenoxy) is 1. The zero-order valence-electron chi connectivity index (χ0n) is 13.9. The maximum absolute atomic E-state index is 12.0. The molecule has 0 bridgehead atoms. The average Bonchev–Trinajstić information content (AvgIpc) is 3.21. The van der Waals surface area contributed by atoms with Crippen molar-refractivity contribution >= 4 is 28.3 Å². The van der Waals surface area contributed by atoms with Crippen molar-refractivity contribution < 1.29 is 9.53 Å². The fourth-order valence-electron chi connectivity index (χ4n) is 3.01. The number of hydrogen-bond donors (Lipinski definition) is 1. The maximum Gasteiger partial charge on any atom is 0.339 e. The monoisotopic (exact) mass is 335 g/mol. The molecule has 0 aliphatic carbocycles. The Hall–Kier alpha value is -3.35. The van der Waals surface area contributed by atoms with Crippen LogP contribution in [0.5, 0.6) is 0 Å². The molecule has 0 aliphatic heterocycles. The lowest BCUT2D eigenvalue weighted by atomic mass is 10.1. The van der Waals surface area contributed by atoms with Crippen LogP contribution >= 0.6 is 0 Å². The van der Waals surface area contributed by atoms with E-state index in [9.17, 15) is 4.79 Å². The van der Waals surface area contributed by atoms with Crippen molar-refractivity contribution in [2.75, 3.05) is 12.3 Å². The molecule has 4 rings (SSSR count). The molecular weight excluding hydrogens is 318 g/mol. The Kier molecular flexibility index (Phi) is 3.42. The average molecular weight is 335 g/mol. The van der Waals surface area contributed by atoms with Crippen molar-refractivity contribution in [3.05, 3.63) is 48.3 Å². The van der Waals surface area contributed by atoms with Gasteiger partial charge in [0.25, 0.3) is 0 Å². The van der Waals surface area contributed by atoms with E-state index in [1.54, 1.807) is 30.1 Å². The molecule has 7 nitrogen and oxygen atoms in total. The molecule has 0 radical (unpaired) electrons. The molecule has 25 heavy (non-hydrogen) atoms. The van der Waals surface area contributed by atoms with E-state index < -0.39 is 0 Å². The third kappa shape index (κ3) is 2.40. The highest BCUT2D eigenvalue weighted by atomic mass is 16.5. The van der Waals surface area contributed by atoms with Crippen LogP contribution in [0.2, 0.25) is 0 Å². The molecule has 3 heterocycles. The summed E-state index contributed by atoms with van der Waals surface area (Å²) in [5, 5.41) is 4.20. The highest BCUT2D eigenvalue weighted by molar-refractivity contribution is 5.95. The molecule has 2 N–H and O–H groups in total. The van der Waals surface area contributed by atoms with Gasteiger partial charge in [-0.3, -0.25) is 4.68 Å².